The Morgan fingerprint density at radius 2 is 2.36 bits per heavy atom. The molecule has 2 rings (SSSR count). The molecule has 0 amide bonds. The second kappa shape index (κ2) is 2.26. The summed E-state index contributed by atoms with van der Waals surface area (Å²) < 4.78 is 6.89. The van der Waals surface area contributed by atoms with Crippen LogP contribution >= 0.6 is 21.3 Å². The van der Waals surface area contributed by atoms with E-state index in [9.17, 15) is 4.79 Å². The molecule has 1 aliphatic rings. The zero-order chi connectivity index (χ0) is 7.84. The van der Waals surface area contributed by atoms with Crippen LogP contribution in [-0.2, 0) is 0 Å². The average Bonchev–Trinajstić information content (AvgIpc) is 2.34. The van der Waals surface area contributed by atoms with Gasteiger partial charge in [0.15, 0.2) is 11.5 Å². The molecule has 4 N–H and O–H groups in total. The van der Waals surface area contributed by atoms with Crippen molar-refractivity contribution in [1.29, 1.82) is 0 Å². The lowest BCUT2D eigenvalue weighted by molar-refractivity contribution is 1.14. The van der Waals surface area contributed by atoms with E-state index in [1.165, 1.54) is 0 Å². The molecule has 6 nitrogen and oxygen atoms in total. The third-order valence-electron chi connectivity index (χ3n) is 1.18. The second-order valence-corrected chi connectivity index (χ2v) is 3.42. The first-order chi connectivity index (χ1) is 5.27. The zero-order valence-electron chi connectivity index (χ0n) is 5.26. The maximum Gasteiger partial charge on any atom is 0.278 e. The molecule has 0 saturated heterocycles. The van der Waals surface area contributed by atoms with E-state index in [4.69, 9.17) is 5.73 Å². The summed E-state index contributed by atoms with van der Waals surface area (Å²) in [7, 11) is 0. The highest BCUT2D eigenvalue weighted by Gasteiger charge is 2.12. The standard InChI is InChI=1S/C4H4IN5O/c6-4-7-2-1(3(11)8-4)9-5-10-2/h(H4,6,7,8,9,10,11). The quantitative estimate of drug-likeness (QED) is 0.469. The molecular weight excluding hydrogens is 261 g/mol. The van der Waals surface area contributed by atoms with Crippen LogP contribution in [0.5, 0.6) is 0 Å². The smallest absolute Gasteiger partial charge is 0.278 e. The van der Waals surface area contributed by atoms with Crippen molar-refractivity contribution in [2.45, 2.75) is 0 Å². The van der Waals surface area contributed by atoms with Gasteiger partial charge in [0.1, 0.15) is 21.3 Å². The van der Waals surface area contributed by atoms with Crippen LogP contribution in [0.2, 0.25) is 0 Å². The number of halogens is 1. The van der Waals surface area contributed by atoms with Gasteiger partial charge < -0.3 is 9.26 Å². The summed E-state index contributed by atoms with van der Waals surface area (Å²) in [5.74, 6) is 0.559. The lowest BCUT2D eigenvalue weighted by atomic mass is 10.5. The molecule has 2 heterocycles. The minimum atomic E-state index is -0.480. The molecule has 7 heteroatoms. The minimum Gasteiger partial charge on any atom is -0.369 e. The van der Waals surface area contributed by atoms with Crippen molar-refractivity contribution in [3.8, 4) is 0 Å². The maximum atomic E-state index is 11.1. The highest BCUT2D eigenvalue weighted by atomic mass is 127. The van der Waals surface area contributed by atoms with Gasteiger partial charge >= 0.3 is 0 Å². The van der Waals surface area contributed by atoms with E-state index in [0.717, 1.165) is 0 Å². The number of H-pyrrole nitrogens is 1. The molecule has 0 radical (unpaired) electrons. The minimum absolute atomic E-state index is 0.116. The highest BCUT2D eigenvalue weighted by molar-refractivity contribution is 14.2. The number of aromatic nitrogens is 2. The first-order valence-corrected chi connectivity index (χ1v) is 4.82. The molecule has 0 saturated carbocycles. The van der Waals surface area contributed by atoms with Gasteiger partial charge in [0.25, 0.3) is 5.56 Å². The van der Waals surface area contributed by atoms with Crippen LogP contribution in [0, 0.1) is 0 Å². The van der Waals surface area contributed by atoms with Crippen molar-refractivity contribution in [2.75, 3.05) is 9.26 Å². The van der Waals surface area contributed by atoms with Crippen molar-refractivity contribution >= 4 is 38.8 Å². The monoisotopic (exact) mass is 265 g/mol. The molecule has 1 aromatic rings. The number of nitrogens with zero attached hydrogens (tertiary/aromatic N) is 2. The van der Waals surface area contributed by atoms with Crippen LogP contribution in [-0.4, -0.2) is 9.97 Å². The molecule has 1 aromatic heterocycles. The summed E-state index contributed by atoms with van der Waals surface area (Å²) in [6.45, 7) is 0. The fraction of sp³-hybridized carbons (Fsp3) is 0. The van der Waals surface area contributed by atoms with Gasteiger partial charge in [0.2, 0.25) is 5.95 Å². The number of anilines is 2. The Kier molecular flexibility index (Phi) is 1.37. The van der Waals surface area contributed by atoms with Crippen molar-refractivity contribution in [2.24, 2.45) is 3.15 Å². The Hall–Kier alpha value is -0.990. The zero-order valence-corrected chi connectivity index (χ0v) is 7.42. The predicted molar refractivity (Wildman–Crippen MR) is 49.0 cm³/mol. The Labute approximate surface area is 71.7 Å². The Balaban J connectivity index is 2.76. The van der Waals surface area contributed by atoms with Gasteiger partial charge in [-0.05, 0) is 0 Å². The molecule has 0 aliphatic carbocycles. The summed E-state index contributed by atoms with van der Waals surface area (Å²) >= 11 is -0.480. The number of nitrogens with two attached hydrogens (primary N) is 1. The number of aromatic amines is 1. The number of rotatable bonds is 0. The number of fused-ring (bicyclic) bond motifs is 1. The Morgan fingerprint density at radius 1 is 1.55 bits per heavy atom. The summed E-state index contributed by atoms with van der Waals surface area (Å²) in [6, 6.07) is 0. The van der Waals surface area contributed by atoms with E-state index in [2.05, 4.69) is 16.6 Å². The molecular formula is C4H4IN5O. The van der Waals surface area contributed by atoms with E-state index < -0.39 is 21.3 Å². The van der Waals surface area contributed by atoms with Gasteiger partial charge in [-0.25, -0.2) is 0 Å². The maximum absolute atomic E-state index is 11.1. The van der Waals surface area contributed by atoms with Gasteiger partial charge in [-0.1, -0.05) is 0 Å². The fourth-order valence-corrected chi connectivity index (χ4v) is 2.15. The molecule has 0 aromatic carbocycles. The number of nitrogens with one attached hydrogen (secondary N) is 2. The molecule has 0 atom stereocenters. The van der Waals surface area contributed by atoms with E-state index >= 15 is 0 Å². The van der Waals surface area contributed by atoms with Crippen LogP contribution in [0.1, 0.15) is 0 Å². The van der Waals surface area contributed by atoms with Crippen LogP contribution < -0.4 is 14.8 Å². The van der Waals surface area contributed by atoms with Gasteiger partial charge in [0, 0.05) is 0 Å². The van der Waals surface area contributed by atoms with Gasteiger partial charge in [-0.15, -0.1) is 0 Å². The van der Waals surface area contributed by atoms with Crippen molar-refractivity contribution in [1.82, 2.24) is 9.97 Å². The molecule has 1 aliphatic heterocycles. The highest BCUT2D eigenvalue weighted by Crippen LogP contribution is 2.30. The van der Waals surface area contributed by atoms with Crippen molar-refractivity contribution < 1.29 is 0 Å². The second-order valence-electron chi connectivity index (χ2n) is 1.91. The van der Waals surface area contributed by atoms with Crippen LogP contribution in [0.4, 0.5) is 17.5 Å². The lowest BCUT2D eigenvalue weighted by Gasteiger charge is -1.95. The summed E-state index contributed by atoms with van der Waals surface area (Å²) in [5.41, 5.74) is 5.50. The first kappa shape index (κ1) is 6.70. The predicted octanol–water partition coefficient (Wildman–Crippen LogP) is 0.478. The fourth-order valence-electron chi connectivity index (χ4n) is 0.728. The first-order valence-electron chi connectivity index (χ1n) is 2.77. The SMILES string of the molecule is Nc1nc2c(c(=O)[nH]1)NI=N2. The van der Waals surface area contributed by atoms with E-state index in [1.54, 1.807) is 0 Å². The largest absolute Gasteiger partial charge is 0.369 e. The molecule has 11 heavy (non-hydrogen) atoms. The number of hydrogen-bond donors (Lipinski definition) is 3. The molecule has 0 unspecified atom stereocenters. The van der Waals surface area contributed by atoms with Gasteiger partial charge in [-0.3, -0.25) is 9.78 Å². The van der Waals surface area contributed by atoms with Crippen molar-refractivity contribution in [3.63, 3.8) is 0 Å². The van der Waals surface area contributed by atoms with E-state index in [1.807, 2.05) is 0 Å². The molecule has 0 fully saturated rings. The number of nitrogen functional groups attached to an aromatic ring is 1. The topological polar surface area (TPSA) is 96.2 Å². The summed E-state index contributed by atoms with van der Waals surface area (Å²) in [5, 5.41) is 0. The van der Waals surface area contributed by atoms with Crippen LogP contribution in [0.3, 0.4) is 0 Å². The third kappa shape index (κ3) is 1.00. The molecule has 0 bridgehead atoms. The Bertz CT molecular complexity index is 383. The van der Waals surface area contributed by atoms with Crippen LogP contribution in [0.25, 0.3) is 0 Å². The molecule has 0 spiro atoms. The summed E-state index contributed by atoms with van der Waals surface area (Å²) in [6.07, 6.45) is 0. The third-order valence-corrected chi connectivity index (χ3v) is 2.66. The van der Waals surface area contributed by atoms with Gasteiger partial charge in [-0.2, -0.15) is 8.13 Å². The van der Waals surface area contributed by atoms with Crippen LogP contribution in [0.15, 0.2) is 7.94 Å². The van der Waals surface area contributed by atoms with Gasteiger partial charge in [0.05, 0.1) is 0 Å². The summed E-state index contributed by atoms with van der Waals surface area (Å²) in [4.78, 5) is 17.3. The van der Waals surface area contributed by atoms with E-state index in [0.29, 0.717) is 11.5 Å². The number of hydrogen-bond acceptors (Lipinski definition) is 5. The lowest BCUT2D eigenvalue weighted by Crippen LogP contribution is -2.12. The Morgan fingerprint density at radius 3 is 3.18 bits per heavy atom. The normalized spacial score (nSPS) is 13.5. The molecule has 58 valence electrons. The van der Waals surface area contributed by atoms with Crippen molar-refractivity contribution in [3.05, 3.63) is 10.4 Å². The average molecular weight is 265 g/mol. The van der Waals surface area contributed by atoms with E-state index in [-0.39, 0.29) is 11.5 Å².